The summed E-state index contributed by atoms with van der Waals surface area (Å²) in [6, 6.07) is 0. The lowest BCUT2D eigenvalue weighted by molar-refractivity contribution is -0.179. The van der Waals surface area contributed by atoms with Gasteiger partial charge in [-0.3, -0.25) is 4.79 Å². The van der Waals surface area contributed by atoms with Gasteiger partial charge in [0, 0.05) is 19.0 Å². The lowest BCUT2D eigenvalue weighted by Gasteiger charge is -2.65. The molecule has 0 N–H and O–H groups in total. The second-order valence-corrected chi connectivity index (χ2v) is 9.22. The molecule has 2 nitrogen and oxygen atoms in total. The Kier molecular flexibility index (Phi) is 3.83. The number of carbonyl (C=O) groups excluding carboxylic acids is 1. The smallest absolute Gasteiger partial charge is 0.228 e. The van der Waals surface area contributed by atoms with Crippen molar-refractivity contribution in [2.45, 2.75) is 65.7 Å². The molecule has 0 aromatic carbocycles. The van der Waals surface area contributed by atoms with Gasteiger partial charge in [-0.2, -0.15) is 0 Å². The first kappa shape index (κ1) is 15.6. The highest BCUT2D eigenvalue weighted by molar-refractivity contribution is 6.17. The fourth-order valence-corrected chi connectivity index (χ4v) is 6.80. The molecule has 0 aromatic heterocycles. The van der Waals surface area contributed by atoms with Crippen molar-refractivity contribution in [3.8, 4) is 0 Å². The van der Waals surface area contributed by atoms with Gasteiger partial charge in [0.2, 0.25) is 5.91 Å². The Morgan fingerprint density at radius 1 is 1.14 bits per heavy atom. The van der Waals surface area contributed by atoms with Gasteiger partial charge < -0.3 is 4.90 Å². The van der Waals surface area contributed by atoms with E-state index in [4.69, 9.17) is 11.6 Å². The van der Waals surface area contributed by atoms with E-state index >= 15 is 0 Å². The highest BCUT2D eigenvalue weighted by Gasteiger charge is 2.63. The molecule has 21 heavy (non-hydrogen) atoms. The van der Waals surface area contributed by atoms with Gasteiger partial charge >= 0.3 is 0 Å². The number of hydrogen-bond acceptors (Lipinski definition) is 1. The standard InChI is InChI=1S/C18H30ClNO/c1-4-20(7-5-6-19)15(21)18-10-14-8-16(2,12-18)11-17(3,9-14)13-18/h14H,4-13H2,1-3H3. The molecule has 0 aromatic rings. The normalized spacial score (nSPS) is 44.1. The van der Waals surface area contributed by atoms with E-state index in [-0.39, 0.29) is 5.41 Å². The minimum absolute atomic E-state index is 0.0504. The van der Waals surface area contributed by atoms with Gasteiger partial charge in [-0.05, 0) is 68.6 Å². The fraction of sp³-hybridized carbons (Fsp3) is 0.944. The Labute approximate surface area is 134 Å². The fourth-order valence-electron chi connectivity index (χ4n) is 6.68. The van der Waals surface area contributed by atoms with Crippen LogP contribution in [-0.2, 0) is 4.79 Å². The summed E-state index contributed by atoms with van der Waals surface area (Å²) in [5.41, 5.74) is 0.774. The minimum Gasteiger partial charge on any atom is -0.342 e. The zero-order valence-electron chi connectivity index (χ0n) is 13.9. The summed E-state index contributed by atoms with van der Waals surface area (Å²) < 4.78 is 0. The Balaban J connectivity index is 1.85. The van der Waals surface area contributed by atoms with Crippen LogP contribution in [-0.4, -0.2) is 29.8 Å². The molecule has 0 aliphatic heterocycles. The van der Waals surface area contributed by atoms with Crippen LogP contribution in [0, 0.1) is 22.2 Å². The third kappa shape index (κ3) is 2.62. The molecule has 4 saturated carbocycles. The second-order valence-electron chi connectivity index (χ2n) is 8.84. The van der Waals surface area contributed by atoms with Gasteiger partial charge in [0.15, 0.2) is 0 Å². The number of hydrogen-bond donors (Lipinski definition) is 0. The maximum atomic E-state index is 13.3. The van der Waals surface area contributed by atoms with E-state index in [9.17, 15) is 4.79 Å². The summed E-state index contributed by atoms with van der Waals surface area (Å²) in [7, 11) is 0. The van der Waals surface area contributed by atoms with Gasteiger partial charge in [0.25, 0.3) is 0 Å². The Morgan fingerprint density at radius 3 is 2.24 bits per heavy atom. The van der Waals surface area contributed by atoms with Crippen LogP contribution >= 0.6 is 11.6 Å². The second kappa shape index (κ2) is 5.15. The molecule has 2 atom stereocenters. The summed E-state index contributed by atoms with van der Waals surface area (Å²) in [4.78, 5) is 15.4. The van der Waals surface area contributed by atoms with E-state index in [2.05, 4.69) is 25.7 Å². The molecular weight excluding hydrogens is 282 g/mol. The number of alkyl halides is 1. The Hall–Kier alpha value is -0.240. The van der Waals surface area contributed by atoms with Crippen molar-refractivity contribution in [2.24, 2.45) is 22.2 Å². The number of rotatable bonds is 5. The van der Waals surface area contributed by atoms with Crippen LogP contribution in [0.3, 0.4) is 0 Å². The van der Waals surface area contributed by atoms with E-state index < -0.39 is 0 Å². The molecule has 120 valence electrons. The maximum absolute atomic E-state index is 13.3. The zero-order chi connectivity index (χ0) is 15.3. The van der Waals surface area contributed by atoms with Gasteiger partial charge in [0.05, 0.1) is 5.41 Å². The van der Waals surface area contributed by atoms with Gasteiger partial charge in [0.1, 0.15) is 0 Å². The van der Waals surface area contributed by atoms with Crippen molar-refractivity contribution >= 4 is 17.5 Å². The molecule has 4 bridgehead atoms. The van der Waals surface area contributed by atoms with Gasteiger partial charge in [-0.1, -0.05) is 13.8 Å². The summed E-state index contributed by atoms with van der Waals surface area (Å²) in [6.45, 7) is 8.64. The first-order chi connectivity index (χ1) is 9.84. The van der Waals surface area contributed by atoms with Crippen LogP contribution in [0.1, 0.15) is 65.7 Å². The molecule has 4 fully saturated rings. The number of halogens is 1. The van der Waals surface area contributed by atoms with Crippen molar-refractivity contribution in [3.05, 3.63) is 0 Å². The van der Waals surface area contributed by atoms with Crippen LogP contribution in [0.15, 0.2) is 0 Å². The Bertz CT molecular complexity index is 417. The largest absolute Gasteiger partial charge is 0.342 e. The minimum atomic E-state index is -0.0504. The van der Waals surface area contributed by atoms with Crippen molar-refractivity contribution < 1.29 is 4.79 Å². The lowest BCUT2D eigenvalue weighted by Crippen LogP contribution is -2.60. The Morgan fingerprint density at radius 2 is 1.76 bits per heavy atom. The molecule has 4 aliphatic carbocycles. The summed E-state index contributed by atoms with van der Waals surface area (Å²) in [6.07, 6.45) is 8.35. The van der Waals surface area contributed by atoms with Crippen molar-refractivity contribution in [1.82, 2.24) is 4.90 Å². The first-order valence-electron chi connectivity index (χ1n) is 8.69. The monoisotopic (exact) mass is 311 g/mol. The summed E-state index contributed by atoms with van der Waals surface area (Å²) >= 11 is 5.83. The molecule has 3 heteroatoms. The predicted molar refractivity (Wildman–Crippen MR) is 87.4 cm³/mol. The van der Waals surface area contributed by atoms with Crippen LogP contribution in [0.5, 0.6) is 0 Å². The van der Waals surface area contributed by atoms with E-state index in [0.717, 1.165) is 44.7 Å². The average Bonchev–Trinajstić information content (AvgIpc) is 2.35. The number of carbonyl (C=O) groups is 1. The van der Waals surface area contributed by atoms with Crippen LogP contribution in [0.4, 0.5) is 0 Å². The SMILES string of the molecule is CCN(CCCCl)C(=O)C12CC3CC(C)(CC(C)(C3)C1)C2. The van der Waals surface area contributed by atoms with Crippen molar-refractivity contribution in [2.75, 3.05) is 19.0 Å². The number of nitrogens with zero attached hydrogens (tertiary/aromatic N) is 1. The van der Waals surface area contributed by atoms with Crippen molar-refractivity contribution in [1.29, 1.82) is 0 Å². The predicted octanol–water partition coefficient (Wildman–Crippen LogP) is 4.46. The molecule has 0 saturated heterocycles. The highest BCUT2D eigenvalue weighted by atomic mass is 35.5. The molecule has 1 amide bonds. The molecule has 4 aliphatic rings. The van der Waals surface area contributed by atoms with Crippen LogP contribution in [0.2, 0.25) is 0 Å². The molecule has 0 radical (unpaired) electrons. The summed E-state index contributed by atoms with van der Waals surface area (Å²) in [5.74, 6) is 1.87. The van der Waals surface area contributed by atoms with Gasteiger partial charge in [-0.15, -0.1) is 11.6 Å². The van der Waals surface area contributed by atoms with Crippen LogP contribution < -0.4 is 0 Å². The lowest BCUT2D eigenvalue weighted by atomic mass is 9.40. The summed E-state index contributed by atoms with van der Waals surface area (Å²) in [5, 5.41) is 0. The van der Waals surface area contributed by atoms with E-state index in [1.165, 1.54) is 19.3 Å². The molecule has 0 spiro atoms. The molecular formula is C18H30ClNO. The highest BCUT2D eigenvalue weighted by Crippen LogP contribution is 2.69. The topological polar surface area (TPSA) is 20.3 Å². The molecule has 0 heterocycles. The van der Waals surface area contributed by atoms with E-state index in [0.29, 0.717) is 22.6 Å². The molecule has 2 unspecified atom stereocenters. The van der Waals surface area contributed by atoms with E-state index in [1.807, 2.05) is 0 Å². The third-order valence-electron chi connectivity index (χ3n) is 6.31. The van der Waals surface area contributed by atoms with E-state index in [1.54, 1.807) is 0 Å². The zero-order valence-corrected chi connectivity index (χ0v) is 14.6. The average molecular weight is 312 g/mol. The maximum Gasteiger partial charge on any atom is 0.228 e. The first-order valence-corrected chi connectivity index (χ1v) is 9.23. The van der Waals surface area contributed by atoms with Crippen molar-refractivity contribution in [3.63, 3.8) is 0 Å². The molecule has 4 rings (SSSR count). The van der Waals surface area contributed by atoms with Crippen LogP contribution in [0.25, 0.3) is 0 Å². The number of amides is 1. The van der Waals surface area contributed by atoms with Gasteiger partial charge in [-0.25, -0.2) is 0 Å². The third-order valence-corrected chi connectivity index (χ3v) is 6.58. The quantitative estimate of drug-likeness (QED) is 0.686.